The summed E-state index contributed by atoms with van der Waals surface area (Å²) in [6.07, 6.45) is 0. The number of hydrogen-bond donors (Lipinski definition) is 1. The van der Waals surface area contributed by atoms with Crippen molar-refractivity contribution in [3.8, 4) is 0 Å². The highest BCUT2D eigenvalue weighted by molar-refractivity contribution is 7.93. The van der Waals surface area contributed by atoms with E-state index >= 15 is 0 Å². The average Bonchev–Trinajstić information content (AvgIpc) is 2.58. The molecule has 1 N–H and O–H groups in total. The van der Waals surface area contributed by atoms with Crippen LogP contribution in [0.2, 0.25) is 0 Å². The summed E-state index contributed by atoms with van der Waals surface area (Å²) in [7, 11) is -2.19. The van der Waals surface area contributed by atoms with Gasteiger partial charge >= 0.3 is 5.97 Å². The quantitative estimate of drug-likeness (QED) is 0.897. The molecule has 0 aliphatic carbocycles. The van der Waals surface area contributed by atoms with Crippen LogP contribution in [0.4, 0.5) is 5.00 Å². The van der Waals surface area contributed by atoms with Crippen LogP contribution in [0.5, 0.6) is 0 Å². The molecular weight excluding hydrogens is 264 g/mol. The van der Waals surface area contributed by atoms with Crippen molar-refractivity contribution in [2.45, 2.75) is 26.0 Å². The molecule has 1 rings (SSSR count). The average molecular weight is 278 g/mol. The van der Waals surface area contributed by atoms with Crippen molar-refractivity contribution in [1.29, 1.82) is 0 Å². The molecule has 8 heteroatoms. The minimum Gasteiger partial charge on any atom is -0.478 e. The van der Waals surface area contributed by atoms with Crippen LogP contribution in [0.1, 0.15) is 29.9 Å². The maximum atomic E-state index is 11.9. The summed E-state index contributed by atoms with van der Waals surface area (Å²) in [6, 6.07) is 0. The Morgan fingerprint density at radius 3 is 2.41 bits per heavy atom. The number of nitrogens with zero attached hydrogens (tertiary/aromatic N) is 2. The van der Waals surface area contributed by atoms with E-state index in [-0.39, 0.29) is 10.6 Å². The third-order valence-corrected chi connectivity index (χ3v) is 5.59. The van der Waals surface area contributed by atoms with Gasteiger partial charge in [0.1, 0.15) is 10.6 Å². The Kier molecular flexibility index (Phi) is 3.78. The number of carboxylic acids is 1. The molecule has 0 unspecified atom stereocenters. The van der Waals surface area contributed by atoms with Crippen molar-refractivity contribution in [3.63, 3.8) is 0 Å². The summed E-state index contributed by atoms with van der Waals surface area (Å²) in [5.41, 5.74) is 0.269. The van der Waals surface area contributed by atoms with Gasteiger partial charge in [0, 0.05) is 7.05 Å². The second-order valence-electron chi connectivity index (χ2n) is 3.81. The maximum absolute atomic E-state index is 11.9. The standard InChI is InChI=1S/C9H14N2O4S2/c1-5(2)17(14,15)11(4)8-7(9(12)13)6(3)10-16-8/h5H,1-4H3,(H,12,13). The number of aromatic carboxylic acids is 1. The molecule has 0 aliphatic heterocycles. The zero-order chi connectivity index (χ0) is 13.4. The van der Waals surface area contributed by atoms with Gasteiger partial charge in [-0.1, -0.05) is 0 Å². The van der Waals surface area contributed by atoms with E-state index in [0.717, 1.165) is 15.8 Å². The van der Waals surface area contributed by atoms with Crippen LogP contribution in [0.25, 0.3) is 0 Å². The van der Waals surface area contributed by atoms with Gasteiger partial charge in [0.25, 0.3) is 0 Å². The van der Waals surface area contributed by atoms with Crippen molar-refractivity contribution < 1.29 is 18.3 Å². The summed E-state index contributed by atoms with van der Waals surface area (Å²) in [6.45, 7) is 4.62. The van der Waals surface area contributed by atoms with Crippen LogP contribution in [-0.4, -0.2) is 36.2 Å². The van der Waals surface area contributed by atoms with Crippen LogP contribution < -0.4 is 4.31 Å². The summed E-state index contributed by atoms with van der Waals surface area (Å²) in [4.78, 5) is 11.1. The number of rotatable bonds is 4. The minimum absolute atomic E-state index is 0.0540. The lowest BCUT2D eigenvalue weighted by atomic mass is 10.2. The molecule has 0 fully saturated rings. The number of carboxylic acid groups (broad SMARTS) is 1. The monoisotopic (exact) mass is 278 g/mol. The Bertz CT molecular complexity index is 533. The Morgan fingerprint density at radius 2 is 2.00 bits per heavy atom. The highest BCUT2D eigenvalue weighted by atomic mass is 32.2. The molecule has 0 spiro atoms. The largest absolute Gasteiger partial charge is 0.478 e. The molecule has 1 heterocycles. The fraction of sp³-hybridized carbons (Fsp3) is 0.556. The summed E-state index contributed by atoms with van der Waals surface area (Å²) >= 11 is 0.873. The SMILES string of the molecule is Cc1nsc(N(C)S(=O)(=O)C(C)C)c1C(=O)O. The van der Waals surface area contributed by atoms with Gasteiger partial charge in [-0.25, -0.2) is 13.2 Å². The van der Waals surface area contributed by atoms with Gasteiger partial charge in [0.2, 0.25) is 10.0 Å². The number of aryl methyl sites for hydroxylation is 1. The zero-order valence-corrected chi connectivity index (χ0v) is 11.6. The third kappa shape index (κ3) is 2.42. The lowest BCUT2D eigenvalue weighted by molar-refractivity contribution is 0.0697. The topological polar surface area (TPSA) is 87.6 Å². The van der Waals surface area contributed by atoms with Gasteiger partial charge < -0.3 is 5.11 Å². The Morgan fingerprint density at radius 1 is 1.47 bits per heavy atom. The first-order chi connectivity index (χ1) is 7.69. The molecule has 0 radical (unpaired) electrons. The van der Waals surface area contributed by atoms with E-state index in [4.69, 9.17) is 5.11 Å². The molecule has 0 aliphatic rings. The number of carbonyl (C=O) groups is 1. The van der Waals surface area contributed by atoms with Crippen LogP contribution in [-0.2, 0) is 10.0 Å². The van der Waals surface area contributed by atoms with E-state index < -0.39 is 21.2 Å². The molecule has 17 heavy (non-hydrogen) atoms. The van der Waals surface area contributed by atoms with E-state index in [1.54, 1.807) is 20.8 Å². The Hall–Kier alpha value is -1.15. The number of aromatic nitrogens is 1. The Balaban J connectivity index is 3.32. The van der Waals surface area contributed by atoms with Crippen molar-refractivity contribution >= 4 is 32.5 Å². The molecular formula is C9H14N2O4S2. The fourth-order valence-corrected chi connectivity index (χ4v) is 3.37. The summed E-state index contributed by atoms with van der Waals surface area (Å²) in [5, 5.41) is 8.56. The van der Waals surface area contributed by atoms with Crippen molar-refractivity contribution in [2.75, 3.05) is 11.4 Å². The molecule has 0 saturated carbocycles. The summed E-state index contributed by atoms with van der Waals surface area (Å²) < 4.78 is 28.7. The predicted molar refractivity (Wildman–Crippen MR) is 66.3 cm³/mol. The van der Waals surface area contributed by atoms with Crippen LogP contribution >= 0.6 is 11.5 Å². The maximum Gasteiger partial charge on any atom is 0.340 e. The molecule has 1 aromatic rings. The lowest BCUT2D eigenvalue weighted by Gasteiger charge is -2.20. The first-order valence-corrected chi connectivity index (χ1v) is 7.14. The van der Waals surface area contributed by atoms with E-state index in [0.29, 0.717) is 5.69 Å². The van der Waals surface area contributed by atoms with Crippen molar-refractivity contribution in [3.05, 3.63) is 11.3 Å². The number of anilines is 1. The third-order valence-electron chi connectivity index (χ3n) is 2.32. The van der Waals surface area contributed by atoms with Gasteiger partial charge in [-0.2, -0.15) is 4.37 Å². The second kappa shape index (κ2) is 4.61. The zero-order valence-electron chi connectivity index (χ0n) is 9.96. The molecule has 0 atom stereocenters. The van der Waals surface area contributed by atoms with Gasteiger partial charge in [-0.05, 0) is 32.3 Å². The van der Waals surface area contributed by atoms with Crippen LogP contribution in [0.3, 0.4) is 0 Å². The molecule has 0 amide bonds. The smallest absolute Gasteiger partial charge is 0.340 e. The van der Waals surface area contributed by atoms with Gasteiger partial charge in [0.05, 0.1) is 10.9 Å². The second-order valence-corrected chi connectivity index (χ2v) is 7.09. The van der Waals surface area contributed by atoms with Crippen molar-refractivity contribution in [2.24, 2.45) is 0 Å². The molecule has 6 nitrogen and oxygen atoms in total. The fourth-order valence-electron chi connectivity index (χ4n) is 1.25. The lowest BCUT2D eigenvalue weighted by Crippen LogP contribution is -2.33. The predicted octanol–water partition coefficient (Wildman–Crippen LogP) is 1.32. The van der Waals surface area contributed by atoms with Crippen LogP contribution in [0, 0.1) is 6.92 Å². The minimum atomic E-state index is -3.53. The highest BCUT2D eigenvalue weighted by Crippen LogP contribution is 2.30. The number of hydrogen-bond acceptors (Lipinski definition) is 5. The van der Waals surface area contributed by atoms with Gasteiger partial charge in [0.15, 0.2) is 0 Å². The molecule has 0 saturated heterocycles. The normalized spacial score (nSPS) is 11.8. The molecule has 0 bridgehead atoms. The van der Waals surface area contributed by atoms with Crippen molar-refractivity contribution in [1.82, 2.24) is 4.37 Å². The van der Waals surface area contributed by atoms with Crippen LogP contribution in [0.15, 0.2) is 0 Å². The van der Waals surface area contributed by atoms with E-state index in [9.17, 15) is 13.2 Å². The van der Waals surface area contributed by atoms with Gasteiger partial charge in [-0.3, -0.25) is 4.31 Å². The highest BCUT2D eigenvalue weighted by Gasteiger charge is 2.29. The van der Waals surface area contributed by atoms with E-state index in [2.05, 4.69) is 4.37 Å². The Labute approximate surface area is 104 Å². The first-order valence-electron chi connectivity index (χ1n) is 4.87. The molecule has 96 valence electrons. The first kappa shape index (κ1) is 13.9. The molecule has 0 aromatic carbocycles. The van der Waals surface area contributed by atoms with Gasteiger partial charge in [-0.15, -0.1) is 0 Å². The van der Waals surface area contributed by atoms with E-state index in [1.165, 1.54) is 7.05 Å². The van der Waals surface area contributed by atoms with E-state index in [1.807, 2.05) is 0 Å². The molecule has 1 aromatic heterocycles. The number of sulfonamides is 1. The summed E-state index contributed by atoms with van der Waals surface area (Å²) in [5.74, 6) is -1.17.